The van der Waals surface area contributed by atoms with E-state index in [0.717, 1.165) is 24.6 Å². The second kappa shape index (κ2) is 7.77. The summed E-state index contributed by atoms with van der Waals surface area (Å²) in [5.41, 5.74) is 1.46. The maximum absolute atomic E-state index is 12.2. The molecule has 1 aromatic carbocycles. The zero-order chi connectivity index (χ0) is 16.8. The zero-order valence-corrected chi connectivity index (χ0v) is 13.9. The summed E-state index contributed by atoms with van der Waals surface area (Å²) in [6.45, 7) is 2.00. The number of piperidine rings is 1. The van der Waals surface area contributed by atoms with Crippen LogP contribution in [0.15, 0.2) is 36.7 Å². The number of carbonyl (C=O) groups excluding carboxylic acids is 1. The molecule has 1 aromatic heterocycles. The molecule has 1 saturated heterocycles. The van der Waals surface area contributed by atoms with Crippen molar-refractivity contribution >= 4 is 17.5 Å². The highest BCUT2D eigenvalue weighted by atomic mass is 16.5. The lowest BCUT2D eigenvalue weighted by Crippen LogP contribution is -2.30. The molecule has 126 valence electrons. The molecule has 6 heteroatoms. The molecule has 0 bridgehead atoms. The van der Waals surface area contributed by atoms with Crippen LogP contribution in [0.2, 0.25) is 0 Å². The van der Waals surface area contributed by atoms with Gasteiger partial charge in [0, 0.05) is 18.7 Å². The van der Waals surface area contributed by atoms with Gasteiger partial charge in [0.25, 0.3) is 0 Å². The van der Waals surface area contributed by atoms with Crippen molar-refractivity contribution < 1.29 is 9.53 Å². The number of para-hydroxylation sites is 1. The minimum atomic E-state index is -0.117. The predicted molar refractivity (Wildman–Crippen MR) is 93.4 cm³/mol. The minimum absolute atomic E-state index is 0.117. The number of amides is 1. The first kappa shape index (κ1) is 16.2. The molecule has 0 unspecified atom stereocenters. The van der Waals surface area contributed by atoms with Crippen LogP contribution in [-0.4, -0.2) is 36.1 Å². The number of ether oxygens (including phenoxy) is 1. The molecule has 1 aliphatic rings. The molecule has 24 heavy (non-hydrogen) atoms. The number of anilines is 2. The van der Waals surface area contributed by atoms with Crippen molar-refractivity contribution in [3.63, 3.8) is 0 Å². The quantitative estimate of drug-likeness (QED) is 0.915. The molecule has 0 atom stereocenters. The van der Waals surface area contributed by atoms with Gasteiger partial charge < -0.3 is 15.0 Å². The van der Waals surface area contributed by atoms with Crippen LogP contribution in [0.3, 0.4) is 0 Å². The number of hydrogen-bond donors (Lipinski definition) is 1. The molecule has 2 aromatic rings. The van der Waals surface area contributed by atoms with Gasteiger partial charge in [0.2, 0.25) is 11.9 Å². The van der Waals surface area contributed by atoms with Crippen LogP contribution in [0, 0.1) is 0 Å². The fourth-order valence-electron chi connectivity index (χ4n) is 2.87. The summed E-state index contributed by atoms with van der Waals surface area (Å²) in [5.74, 6) is 1.33. The highest BCUT2D eigenvalue weighted by Crippen LogP contribution is 2.19. The first-order valence-electron chi connectivity index (χ1n) is 8.25. The van der Waals surface area contributed by atoms with E-state index in [1.807, 2.05) is 24.3 Å². The summed E-state index contributed by atoms with van der Waals surface area (Å²) in [6.07, 6.45) is 7.21. The average Bonchev–Trinajstić information content (AvgIpc) is 2.63. The van der Waals surface area contributed by atoms with E-state index < -0.39 is 0 Å². The first-order valence-corrected chi connectivity index (χ1v) is 8.25. The Kier molecular flexibility index (Phi) is 5.25. The third-order valence-corrected chi connectivity index (χ3v) is 4.10. The van der Waals surface area contributed by atoms with E-state index in [-0.39, 0.29) is 12.3 Å². The Morgan fingerprint density at radius 3 is 2.58 bits per heavy atom. The van der Waals surface area contributed by atoms with Gasteiger partial charge >= 0.3 is 0 Å². The number of hydrogen-bond acceptors (Lipinski definition) is 5. The van der Waals surface area contributed by atoms with Crippen molar-refractivity contribution in [2.75, 3.05) is 30.4 Å². The first-order chi connectivity index (χ1) is 11.8. The maximum Gasteiger partial charge on any atom is 0.229 e. The molecular weight excluding hydrogens is 304 g/mol. The second-order valence-corrected chi connectivity index (χ2v) is 5.86. The molecule has 2 heterocycles. The number of rotatable bonds is 5. The van der Waals surface area contributed by atoms with Gasteiger partial charge in [-0.3, -0.25) is 4.79 Å². The maximum atomic E-state index is 12.2. The SMILES string of the molecule is COc1ccccc1CC(=O)Nc1cnc(N2CCCCC2)nc1. The topological polar surface area (TPSA) is 67.3 Å². The zero-order valence-electron chi connectivity index (χ0n) is 13.9. The van der Waals surface area contributed by atoms with Crippen molar-refractivity contribution in [3.8, 4) is 5.75 Å². The van der Waals surface area contributed by atoms with Crippen LogP contribution in [0.5, 0.6) is 5.75 Å². The molecule has 1 aliphatic heterocycles. The van der Waals surface area contributed by atoms with Crippen molar-refractivity contribution in [1.29, 1.82) is 0 Å². The molecule has 6 nitrogen and oxygen atoms in total. The lowest BCUT2D eigenvalue weighted by molar-refractivity contribution is -0.115. The van der Waals surface area contributed by atoms with E-state index in [2.05, 4.69) is 20.2 Å². The number of methoxy groups -OCH3 is 1. The third kappa shape index (κ3) is 4.01. The lowest BCUT2D eigenvalue weighted by atomic mass is 10.1. The van der Waals surface area contributed by atoms with Crippen LogP contribution in [0.1, 0.15) is 24.8 Å². The van der Waals surface area contributed by atoms with Crippen molar-refractivity contribution in [2.24, 2.45) is 0 Å². The summed E-state index contributed by atoms with van der Waals surface area (Å²) >= 11 is 0. The van der Waals surface area contributed by atoms with E-state index in [4.69, 9.17) is 4.74 Å². The van der Waals surface area contributed by atoms with Crippen LogP contribution >= 0.6 is 0 Å². The smallest absolute Gasteiger partial charge is 0.229 e. The van der Waals surface area contributed by atoms with Gasteiger partial charge in [-0.15, -0.1) is 0 Å². The molecule has 3 rings (SSSR count). The Morgan fingerprint density at radius 1 is 1.17 bits per heavy atom. The largest absolute Gasteiger partial charge is 0.496 e. The third-order valence-electron chi connectivity index (χ3n) is 4.10. The number of benzene rings is 1. The van der Waals surface area contributed by atoms with E-state index >= 15 is 0 Å². The monoisotopic (exact) mass is 326 g/mol. The van der Waals surface area contributed by atoms with E-state index in [9.17, 15) is 4.79 Å². The van der Waals surface area contributed by atoms with Gasteiger partial charge in [0.15, 0.2) is 0 Å². The Bertz CT molecular complexity index is 682. The molecular formula is C18H22N4O2. The van der Waals surface area contributed by atoms with Crippen molar-refractivity contribution in [3.05, 3.63) is 42.2 Å². The van der Waals surface area contributed by atoms with E-state index in [1.165, 1.54) is 19.3 Å². The summed E-state index contributed by atoms with van der Waals surface area (Å²) in [5, 5.41) is 2.83. The van der Waals surface area contributed by atoms with E-state index in [1.54, 1.807) is 19.5 Å². The summed E-state index contributed by atoms with van der Waals surface area (Å²) in [7, 11) is 1.60. The molecule has 1 fully saturated rings. The van der Waals surface area contributed by atoms with Gasteiger partial charge in [0.05, 0.1) is 31.6 Å². The number of nitrogens with zero attached hydrogens (tertiary/aromatic N) is 3. The van der Waals surface area contributed by atoms with Gasteiger partial charge in [-0.2, -0.15) is 0 Å². The Hall–Kier alpha value is -2.63. The fourth-order valence-corrected chi connectivity index (χ4v) is 2.87. The molecule has 0 saturated carbocycles. The molecule has 0 aliphatic carbocycles. The normalized spacial score (nSPS) is 14.3. The molecule has 0 radical (unpaired) electrons. The fraction of sp³-hybridized carbons (Fsp3) is 0.389. The van der Waals surface area contributed by atoms with Crippen LogP contribution in [-0.2, 0) is 11.2 Å². The Balaban J connectivity index is 1.60. The van der Waals surface area contributed by atoms with Crippen LogP contribution in [0.4, 0.5) is 11.6 Å². The summed E-state index contributed by atoms with van der Waals surface area (Å²) < 4.78 is 5.27. The van der Waals surface area contributed by atoms with Gasteiger partial charge in [0.1, 0.15) is 5.75 Å². The Morgan fingerprint density at radius 2 is 1.88 bits per heavy atom. The molecule has 0 spiro atoms. The average molecular weight is 326 g/mol. The van der Waals surface area contributed by atoms with Crippen molar-refractivity contribution in [2.45, 2.75) is 25.7 Å². The number of carbonyl (C=O) groups is 1. The van der Waals surface area contributed by atoms with E-state index in [0.29, 0.717) is 11.4 Å². The summed E-state index contributed by atoms with van der Waals surface area (Å²) in [4.78, 5) is 23.1. The van der Waals surface area contributed by atoms with Crippen LogP contribution < -0.4 is 15.0 Å². The molecule has 1 N–H and O–H groups in total. The number of aromatic nitrogens is 2. The lowest BCUT2D eigenvalue weighted by Gasteiger charge is -2.26. The minimum Gasteiger partial charge on any atom is -0.496 e. The van der Waals surface area contributed by atoms with Gasteiger partial charge in [-0.1, -0.05) is 18.2 Å². The summed E-state index contributed by atoms with van der Waals surface area (Å²) in [6, 6.07) is 7.50. The molecule has 1 amide bonds. The second-order valence-electron chi connectivity index (χ2n) is 5.86. The van der Waals surface area contributed by atoms with Gasteiger partial charge in [-0.05, 0) is 25.3 Å². The van der Waals surface area contributed by atoms with Crippen LogP contribution in [0.25, 0.3) is 0 Å². The number of nitrogens with one attached hydrogen (secondary N) is 1. The Labute approximate surface area is 141 Å². The van der Waals surface area contributed by atoms with Gasteiger partial charge in [-0.25, -0.2) is 9.97 Å². The predicted octanol–water partition coefficient (Wildman–Crippen LogP) is 2.66. The van der Waals surface area contributed by atoms with Crippen molar-refractivity contribution in [1.82, 2.24) is 9.97 Å². The highest BCUT2D eigenvalue weighted by Gasteiger charge is 2.14. The standard InChI is InChI=1S/C18H22N4O2/c1-24-16-8-4-3-7-14(16)11-17(23)21-15-12-19-18(20-13-15)22-9-5-2-6-10-22/h3-4,7-8,12-13H,2,5-6,9-11H2,1H3,(H,21,23). The highest BCUT2D eigenvalue weighted by molar-refractivity contribution is 5.92.